The minimum atomic E-state index is -0.0633. The molecule has 0 amide bonds. The summed E-state index contributed by atoms with van der Waals surface area (Å²) in [7, 11) is 0. The van der Waals surface area contributed by atoms with Gasteiger partial charge >= 0.3 is 110 Å². The average Bonchev–Trinajstić information content (AvgIpc) is 2.71. The normalized spacial score (nSPS) is 11.0. The molecule has 0 aliphatic rings. The van der Waals surface area contributed by atoms with Gasteiger partial charge in [0.05, 0.1) is 0 Å². The van der Waals surface area contributed by atoms with Crippen molar-refractivity contribution in [1.82, 2.24) is 13.5 Å². The molecule has 0 aliphatic carbocycles. The van der Waals surface area contributed by atoms with Crippen LogP contribution in [-0.4, -0.2) is 28.3 Å². The SMILES string of the molecule is Cc1ccc(C)c(-n2[se]c3cncnc3c2=O)c1. The Kier molecular flexibility index (Phi) is 2.65. The molecule has 0 aliphatic heterocycles. The second-order valence-corrected chi connectivity index (χ2v) is 6.29. The van der Waals surface area contributed by atoms with Crippen molar-refractivity contribution in [3.05, 3.63) is 52.2 Å². The summed E-state index contributed by atoms with van der Waals surface area (Å²) in [5, 5.41) is 0. The van der Waals surface area contributed by atoms with Crippen molar-refractivity contribution >= 4 is 24.5 Å². The molecule has 3 aromatic rings. The molecular weight excluding hydrogens is 293 g/mol. The Hall–Kier alpha value is -1.71. The molecule has 0 saturated heterocycles. The number of hydrogen-bond acceptors (Lipinski definition) is 3. The van der Waals surface area contributed by atoms with E-state index in [2.05, 4.69) is 16.0 Å². The van der Waals surface area contributed by atoms with E-state index in [4.69, 9.17) is 0 Å². The third kappa shape index (κ3) is 1.72. The van der Waals surface area contributed by atoms with Gasteiger partial charge in [0.25, 0.3) is 0 Å². The molecule has 2 aromatic heterocycles. The van der Waals surface area contributed by atoms with Gasteiger partial charge in [-0.15, -0.1) is 0 Å². The molecule has 0 N–H and O–H groups in total. The monoisotopic (exact) mass is 305 g/mol. The van der Waals surface area contributed by atoms with Gasteiger partial charge in [-0.1, -0.05) is 0 Å². The molecule has 0 unspecified atom stereocenters. The molecule has 4 nitrogen and oxygen atoms in total. The van der Waals surface area contributed by atoms with E-state index in [1.54, 1.807) is 6.20 Å². The van der Waals surface area contributed by atoms with Crippen LogP contribution < -0.4 is 5.56 Å². The van der Waals surface area contributed by atoms with Crippen LogP contribution in [0.1, 0.15) is 11.1 Å². The van der Waals surface area contributed by atoms with Crippen LogP contribution >= 0.6 is 0 Å². The van der Waals surface area contributed by atoms with E-state index in [-0.39, 0.29) is 20.3 Å². The Morgan fingerprint density at radius 3 is 2.89 bits per heavy atom. The fourth-order valence-electron chi connectivity index (χ4n) is 1.88. The van der Waals surface area contributed by atoms with Gasteiger partial charge in [-0.3, -0.25) is 0 Å². The van der Waals surface area contributed by atoms with Crippen LogP contribution in [0.5, 0.6) is 0 Å². The zero-order chi connectivity index (χ0) is 12.7. The van der Waals surface area contributed by atoms with Gasteiger partial charge in [0.2, 0.25) is 0 Å². The predicted molar refractivity (Wildman–Crippen MR) is 71.5 cm³/mol. The Bertz CT molecular complexity index is 788. The molecule has 0 radical (unpaired) electrons. The summed E-state index contributed by atoms with van der Waals surface area (Å²) >= 11 is -0.0633. The summed E-state index contributed by atoms with van der Waals surface area (Å²) in [5.74, 6) is 0. The zero-order valence-electron chi connectivity index (χ0n) is 10.0. The van der Waals surface area contributed by atoms with Crippen LogP contribution in [0.25, 0.3) is 15.5 Å². The Morgan fingerprint density at radius 1 is 1.28 bits per heavy atom. The molecule has 0 spiro atoms. The first kappa shape index (κ1) is 11.4. The van der Waals surface area contributed by atoms with E-state index in [1.807, 2.05) is 29.5 Å². The third-order valence-corrected chi connectivity index (χ3v) is 5.02. The molecule has 0 bridgehead atoms. The molecule has 18 heavy (non-hydrogen) atoms. The summed E-state index contributed by atoms with van der Waals surface area (Å²) in [6.07, 6.45) is 3.17. The van der Waals surface area contributed by atoms with Gasteiger partial charge in [-0.05, 0) is 0 Å². The zero-order valence-corrected chi connectivity index (χ0v) is 11.8. The summed E-state index contributed by atoms with van der Waals surface area (Å²) in [6, 6.07) is 6.15. The number of fused-ring (bicyclic) bond motifs is 1. The number of hydrogen-bond donors (Lipinski definition) is 0. The topological polar surface area (TPSA) is 47.8 Å². The van der Waals surface area contributed by atoms with Gasteiger partial charge < -0.3 is 0 Å². The Balaban J connectivity index is 2.35. The van der Waals surface area contributed by atoms with Crippen molar-refractivity contribution in [1.29, 1.82) is 0 Å². The number of aryl methyl sites for hydroxylation is 2. The Labute approximate surface area is 110 Å². The van der Waals surface area contributed by atoms with Gasteiger partial charge in [0, 0.05) is 0 Å². The van der Waals surface area contributed by atoms with Crippen molar-refractivity contribution in [3.63, 3.8) is 0 Å². The molecule has 1 aromatic carbocycles. The van der Waals surface area contributed by atoms with Crippen LogP contribution in [0.2, 0.25) is 0 Å². The second-order valence-electron chi connectivity index (χ2n) is 4.22. The number of rotatable bonds is 1. The van der Waals surface area contributed by atoms with E-state index >= 15 is 0 Å². The molecule has 0 fully saturated rings. The maximum absolute atomic E-state index is 12.3. The number of aromatic nitrogens is 3. The summed E-state index contributed by atoms with van der Waals surface area (Å²) < 4.78 is 2.78. The quantitative estimate of drug-likeness (QED) is 0.639. The number of benzene rings is 1. The van der Waals surface area contributed by atoms with E-state index < -0.39 is 0 Å². The van der Waals surface area contributed by atoms with Crippen LogP contribution in [-0.2, 0) is 0 Å². The fraction of sp³-hybridized carbons (Fsp3) is 0.154. The predicted octanol–water partition coefficient (Wildman–Crippen LogP) is 1.45. The van der Waals surface area contributed by atoms with Crippen LogP contribution in [0.4, 0.5) is 0 Å². The minimum absolute atomic E-state index is 0.0129. The second kappa shape index (κ2) is 4.19. The van der Waals surface area contributed by atoms with E-state index in [1.165, 1.54) is 6.33 Å². The van der Waals surface area contributed by atoms with Crippen molar-refractivity contribution in [3.8, 4) is 5.69 Å². The first-order valence-corrected chi connectivity index (χ1v) is 7.19. The molecule has 2 heterocycles. The van der Waals surface area contributed by atoms with Crippen LogP contribution in [0.15, 0.2) is 35.5 Å². The van der Waals surface area contributed by atoms with Gasteiger partial charge in [0.1, 0.15) is 0 Å². The van der Waals surface area contributed by atoms with Gasteiger partial charge in [-0.25, -0.2) is 0 Å². The van der Waals surface area contributed by atoms with E-state index in [9.17, 15) is 4.79 Å². The molecule has 3 rings (SSSR count). The third-order valence-electron chi connectivity index (χ3n) is 2.84. The van der Waals surface area contributed by atoms with E-state index in [0.717, 1.165) is 21.1 Å². The first-order chi connectivity index (χ1) is 8.66. The summed E-state index contributed by atoms with van der Waals surface area (Å²) in [5.41, 5.74) is 3.78. The molecule has 0 atom stereocenters. The van der Waals surface area contributed by atoms with Gasteiger partial charge in [-0.2, -0.15) is 0 Å². The fourth-order valence-corrected chi connectivity index (χ4v) is 3.97. The van der Waals surface area contributed by atoms with Gasteiger partial charge in [0.15, 0.2) is 0 Å². The number of nitrogens with zero attached hydrogens (tertiary/aromatic N) is 3. The molecule has 0 saturated carbocycles. The van der Waals surface area contributed by atoms with Crippen molar-refractivity contribution in [2.75, 3.05) is 0 Å². The summed E-state index contributed by atoms with van der Waals surface area (Å²) in [6.45, 7) is 4.05. The van der Waals surface area contributed by atoms with Crippen molar-refractivity contribution < 1.29 is 0 Å². The maximum atomic E-state index is 12.3. The first-order valence-electron chi connectivity index (χ1n) is 5.56. The molecule has 5 heteroatoms. The molecular formula is C13H11N3OSe. The standard InChI is InChI=1S/C13H11N3OSe/c1-8-3-4-9(2)10(5-8)16-13(17)12-11(18-16)6-14-7-15-12/h3-7H,1-2H3. The van der Waals surface area contributed by atoms with Crippen LogP contribution in [0, 0.1) is 13.8 Å². The van der Waals surface area contributed by atoms with E-state index in [0.29, 0.717) is 5.52 Å². The summed E-state index contributed by atoms with van der Waals surface area (Å²) in [4.78, 5) is 20.4. The molecule has 90 valence electrons. The van der Waals surface area contributed by atoms with Crippen LogP contribution in [0.3, 0.4) is 0 Å². The van der Waals surface area contributed by atoms with Crippen molar-refractivity contribution in [2.45, 2.75) is 13.8 Å². The van der Waals surface area contributed by atoms with Crippen molar-refractivity contribution in [2.24, 2.45) is 0 Å². The average molecular weight is 304 g/mol. The Morgan fingerprint density at radius 2 is 2.11 bits per heavy atom.